The van der Waals surface area contributed by atoms with Gasteiger partial charge in [-0.15, -0.1) is 0 Å². The lowest BCUT2D eigenvalue weighted by Crippen LogP contribution is -2.22. The number of benzene rings is 2. The molecule has 0 bridgehead atoms. The molecule has 204 valence electrons. The highest BCUT2D eigenvalue weighted by Crippen LogP contribution is 2.42. The molecule has 2 aromatic heterocycles. The minimum atomic E-state index is -0.373. The maximum absolute atomic E-state index is 14.1. The monoisotopic (exact) mass is 539 g/mol. The number of rotatable bonds is 8. The average molecular weight is 540 g/mol. The van der Waals surface area contributed by atoms with Crippen LogP contribution in [0.4, 0.5) is 16.0 Å². The van der Waals surface area contributed by atoms with Crippen LogP contribution in [0.2, 0.25) is 0 Å². The summed E-state index contributed by atoms with van der Waals surface area (Å²) < 4.78 is 21.6. The second-order valence-corrected chi connectivity index (χ2v) is 9.90. The number of nitrogens with zero attached hydrogens (tertiary/aromatic N) is 3. The smallest absolute Gasteiger partial charge is 0.330 e. The Bertz CT molecular complexity index is 1560. The molecular formula is C31H30FN5O3. The topological polar surface area (TPSA) is 112 Å². The van der Waals surface area contributed by atoms with E-state index in [0.29, 0.717) is 53.2 Å². The Morgan fingerprint density at radius 2 is 1.90 bits per heavy atom. The fourth-order valence-corrected chi connectivity index (χ4v) is 5.10. The third kappa shape index (κ3) is 5.63. The van der Waals surface area contributed by atoms with E-state index in [1.807, 2.05) is 50.3 Å². The van der Waals surface area contributed by atoms with E-state index in [1.165, 1.54) is 18.2 Å². The molecule has 1 amide bonds. The summed E-state index contributed by atoms with van der Waals surface area (Å²) in [5.74, 6) is -1.07. The van der Waals surface area contributed by atoms with Gasteiger partial charge in [-0.3, -0.25) is 4.79 Å². The van der Waals surface area contributed by atoms with Gasteiger partial charge in [0.2, 0.25) is 5.95 Å². The first-order valence-corrected chi connectivity index (χ1v) is 13.2. The first-order chi connectivity index (χ1) is 19.3. The molecule has 0 fully saturated rings. The van der Waals surface area contributed by atoms with Crippen LogP contribution in [0.1, 0.15) is 48.7 Å². The zero-order chi connectivity index (χ0) is 28.2. The van der Waals surface area contributed by atoms with E-state index in [0.717, 1.165) is 5.69 Å². The van der Waals surface area contributed by atoms with Crippen LogP contribution in [0.25, 0.3) is 22.5 Å². The normalized spacial score (nSPS) is 14.8. The standard InChI is InChI=1S/C31H30FN5O3/c1-19(2)28-27(30(39)35-22-7-4-3-5-8-22)26(24-15-17-34-31(33)36-24)29(20-11-13-21(32)14-12-20)37(28)18-16-23-9-6-10-25(38)40-23/h3-8,10-15,17,19,23H,9,16,18H2,1-2H3,(H,35,39)(H2,33,34,36). The van der Waals surface area contributed by atoms with Crippen molar-refractivity contribution < 1.29 is 18.7 Å². The number of esters is 1. The summed E-state index contributed by atoms with van der Waals surface area (Å²) in [6.45, 7) is 4.47. The predicted octanol–water partition coefficient (Wildman–Crippen LogP) is 5.97. The first kappa shape index (κ1) is 26.8. The van der Waals surface area contributed by atoms with Gasteiger partial charge in [-0.1, -0.05) is 38.1 Å². The van der Waals surface area contributed by atoms with Crippen LogP contribution in [0, 0.1) is 5.82 Å². The van der Waals surface area contributed by atoms with Crippen LogP contribution in [0.5, 0.6) is 0 Å². The molecule has 5 rings (SSSR count). The molecule has 4 aromatic rings. The molecule has 2 aromatic carbocycles. The Morgan fingerprint density at radius 3 is 2.58 bits per heavy atom. The molecule has 1 atom stereocenters. The van der Waals surface area contributed by atoms with Crippen molar-refractivity contribution in [1.29, 1.82) is 0 Å². The third-order valence-corrected chi connectivity index (χ3v) is 6.77. The van der Waals surface area contributed by atoms with Gasteiger partial charge in [-0.2, -0.15) is 0 Å². The van der Waals surface area contributed by atoms with E-state index in [4.69, 9.17) is 10.5 Å². The number of para-hydroxylation sites is 1. The lowest BCUT2D eigenvalue weighted by molar-refractivity contribution is -0.144. The molecule has 8 nitrogen and oxygen atoms in total. The van der Waals surface area contributed by atoms with Gasteiger partial charge >= 0.3 is 5.97 Å². The average Bonchev–Trinajstić information content (AvgIpc) is 3.28. The number of hydrogen-bond acceptors (Lipinski definition) is 6. The maximum atomic E-state index is 14.1. The van der Waals surface area contributed by atoms with Crippen molar-refractivity contribution in [3.63, 3.8) is 0 Å². The van der Waals surface area contributed by atoms with Crippen LogP contribution in [0.3, 0.4) is 0 Å². The van der Waals surface area contributed by atoms with Crippen molar-refractivity contribution >= 4 is 23.5 Å². The molecular weight excluding hydrogens is 509 g/mol. The van der Waals surface area contributed by atoms with Gasteiger partial charge < -0.3 is 20.4 Å². The summed E-state index contributed by atoms with van der Waals surface area (Å²) in [4.78, 5) is 34.5. The minimum Gasteiger partial charge on any atom is -0.459 e. The Morgan fingerprint density at radius 1 is 1.15 bits per heavy atom. The quantitative estimate of drug-likeness (QED) is 0.267. The van der Waals surface area contributed by atoms with E-state index in [-0.39, 0.29) is 35.7 Å². The van der Waals surface area contributed by atoms with Crippen LogP contribution < -0.4 is 11.1 Å². The van der Waals surface area contributed by atoms with Crippen molar-refractivity contribution in [2.24, 2.45) is 0 Å². The molecule has 1 unspecified atom stereocenters. The number of anilines is 2. The number of carbonyl (C=O) groups is 2. The SMILES string of the molecule is CC(C)c1c(C(=O)Nc2ccccc2)c(-c2ccnc(N)n2)c(-c2ccc(F)cc2)n1CCC1CC=CC(=O)O1. The molecule has 0 saturated carbocycles. The van der Waals surface area contributed by atoms with Crippen LogP contribution in [0.15, 0.2) is 79.0 Å². The first-order valence-electron chi connectivity index (χ1n) is 13.2. The van der Waals surface area contributed by atoms with Gasteiger partial charge in [-0.25, -0.2) is 19.2 Å². The van der Waals surface area contributed by atoms with E-state index >= 15 is 0 Å². The second kappa shape index (κ2) is 11.5. The van der Waals surface area contributed by atoms with Crippen molar-refractivity contribution in [1.82, 2.24) is 14.5 Å². The number of nitrogen functional groups attached to an aromatic ring is 1. The van der Waals surface area contributed by atoms with Crippen molar-refractivity contribution in [3.8, 4) is 22.5 Å². The van der Waals surface area contributed by atoms with Crippen molar-refractivity contribution in [2.45, 2.75) is 45.3 Å². The molecule has 0 radical (unpaired) electrons. The van der Waals surface area contributed by atoms with Gasteiger partial charge in [0.25, 0.3) is 5.91 Å². The van der Waals surface area contributed by atoms with Gasteiger partial charge in [0.1, 0.15) is 11.9 Å². The number of hydrogen-bond donors (Lipinski definition) is 2. The molecule has 0 saturated heterocycles. The zero-order valence-corrected chi connectivity index (χ0v) is 22.3. The fourth-order valence-electron chi connectivity index (χ4n) is 5.10. The van der Waals surface area contributed by atoms with Gasteiger partial charge in [0.15, 0.2) is 0 Å². The second-order valence-electron chi connectivity index (χ2n) is 9.90. The number of carbonyl (C=O) groups excluding carboxylic acids is 2. The number of amides is 1. The Labute approximate surface area is 231 Å². The Kier molecular flexibility index (Phi) is 7.72. The van der Waals surface area contributed by atoms with E-state index in [2.05, 4.69) is 19.9 Å². The summed E-state index contributed by atoms with van der Waals surface area (Å²) >= 11 is 0. The van der Waals surface area contributed by atoms with Crippen molar-refractivity contribution in [2.75, 3.05) is 11.1 Å². The highest BCUT2D eigenvalue weighted by atomic mass is 19.1. The summed E-state index contributed by atoms with van der Waals surface area (Å²) in [7, 11) is 0. The number of nitrogens with two attached hydrogens (primary N) is 1. The van der Waals surface area contributed by atoms with E-state index in [1.54, 1.807) is 24.4 Å². The Balaban J connectivity index is 1.74. The zero-order valence-electron chi connectivity index (χ0n) is 22.3. The van der Waals surface area contributed by atoms with Gasteiger partial charge in [0, 0.05) is 48.6 Å². The largest absolute Gasteiger partial charge is 0.459 e. The van der Waals surface area contributed by atoms with Gasteiger partial charge in [0.05, 0.1) is 17.0 Å². The third-order valence-electron chi connectivity index (χ3n) is 6.77. The highest BCUT2D eigenvalue weighted by Gasteiger charge is 2.32. The fraction of sp³-hybridized carbons (Fsp3) is 0.226. The maximum Gasteiger partial charge on any atom is 0.330 e. The molecule has 1 aliphatic heterocycles. The molecule has 0 spiro atoms. The van der Waals surface area contributed by atoms with Crippen LogP contribution >= 0.6 is 0 Å². The summed E-state index contributed by atoms with van der Waals surface area (Å²) in [6, 6.07) is 17.1. The summed E-state index contributed by atoms with van der Waals surface area (Å²) in [6.07, 6.45) is 5.60. The van der Waals surface area contributed by atoms with E-state index < -0.39 is 0 Å². The van der Waals surface area contributed by atoms with Crippen molar-refractivity contribution in [3.05, 3.63) is 96.1 Å². The molecule has 0 aliphatic carbocycles. The summed E-state index contributed by atoms with van der Waals surface area (Å²) in [5.41, 5.74) is 10.3. The van der Waals surface area contributed by atoms with E-state index in [9.17, 15) is 14.0 Å². The molecule has 3 heterocycles. The number of cyclic esters (lactones) is 1. The lowest BCUT2D eigenvalue weighted by atomic mass is 9.97. The lowest BCUT2D eigenvalue weighted by Gasteiger charge is -2.22. The highest BCUT2D eigenvalue weighted by molar-refractivity contribution is 6.12. The van der Waals surface area contributed by atoms with Crippen LogP contribution in [-0.4, -0.2) is 32.5 Å². The molecule has 1 aliphatic rings. The Hall–Kier alpha value is -4.79. The summed E-state index contributed by atoms with van der Waals surface area (Å²) in [5, 5.41) is 3.03. The molecule has 40 heavy (non-hydrogen) atoms. The number of ether oxygens (including phenoxy) is 1. The predicted molar refractivity (Wildman–Crippen MR) is 152 cm³/mol. The number of nitrogens with one attached hydrogen (secondary N) is 1. The number of halogens is 1. The molecule has 9 heteroatoms. The minimum absolute atomic E-state index is 0.0664. The number of aromatic nitrogens is 3. The van der Waals surface area contributed by atoms with Gasteiger partial charge in [-0.05, 0) is 53.9 Å². The van der Waals surface area contributed by atoms with Crippen LogP contribution in [-0.2, 0) is 16.1 Å². The molecule has 3 N–H and O–H groups in total.